The Morgan fingerprint density at radius 2 is 1.74 bits per heavy atom. The number of aromatic nitrogens is 5. The molecule has 0 radical (unpaired) electrons. The Bertz CT molecular complexity index is 1750. The molecule has 46 heavy (non-hydrogen) atoms. The molecule has 0 unspecified atom stereocenters. The van der Waals surface area contributed by atoms with Crippen LogP contribution in [0.2, 0.25) is 0 Å². The molecule has 7 rings (SSSR count). The number of imidazole rings is 1. The summed E-state index contributed by atoms with van der Waals surface area (Å²) >= 11 is 0. The third-order valence-electron chi connectivity index (χ3n) is 9.37. The number of amides is 1. The molecule has 2 aliphatic heterocycles. The van der Waals surface area contributed by atoms with Crippen LogP contribution in [0.3, 0.4) is 0 Å². The number of ether oxygens (including phenoxy) is 3. The van der Waals surface area contributed by atoms with Crippen molar-refractivity contribution in [2.24, 2.45) is 0 Å². The van der Waals surface area contributed by atoms with Gasteiger partial charge in [-0.05, 0) is 56.0 Å². The molecule has 1 N–H and O–H groups in total. The quantitative estimate of drug-likeness (QED) is 0.310. The van der Waals surface area contributed by atoms with E-state index in [1.54, 1.807) is 24.9 Å². The Labute approximate surface area is 267 Å². The van der Waals surface area contributed by atoms with Crippen molar-refractivity contribution >= 4 is 39.6 Å². The van der Waals surface area contributed by atoms with Crippen LogP contribution in [0.4, 0.5) is 11.8 Å². The lowest BCUT2D eigenvalue weighted by atomic mass is 9.93. The minimum atomic E-state index is -0.236. The number of hydrogen-bond donors (Lipinski definition) is 1. The van der Waals surface area contributed by atoms with Gasteiger partial charge >= 0.3 is 5.69 Å². The molecular weight excluding hydrogens is 588 g/mol. The van der Waals surface area contributed by atoms with Gasteiger partial charge in [-0.25, -0.2) is 9.78 Å². The van der Waals surface area contributed by atoms with Gasteiger partial charge in [0, 0.05) is 57.9 Å². The number of nitrogens with one attached hydrogen (secondary N) is 1. The molecule has 0 atom stereocenters. The van der Waals surface area contributed by atoms with E-state index in [-0.39, 0.29) is 36.3 Å². The first-order valence-electron chi connectivity index (χ1n) is 16.4. The predicted octanol–water partition coefficient (Wildman–Crippen LogP) is 3.22. The van der Waals surface area contributed by atoms with Gasteiger partial charge in [-0.15, -0.1) is 0 Å². The average molecular weight is 631 g/mol. The molecule has 244 valence electrons. The van der Waals surface area contributed by atoms with Crippen molar-refractivity contribution in [2.45, 2.75) is 63.3 Å². The van der Waals surface area contributed by atoms with Crippen molar-refractivity contribution in [3.05, 3.63) is 47.0 Å². The van der Waals surface area contributed by atoms with Crippen LogP contribution in [-0.4, -0.2) is 101 Å². The predicted molar refractivity (Wildman–Crippen MR) is 175 cm³/mol. The molecule has 13 heteroatoms. The SMILES string of the molecule is CN(C)C(=O)Cn1c(=O)n(C2CCOCC2)c2nc(NC3CCC(Oc4nc(N5CCOCC5)cc5ccccc45)CC3)ncc21. The Balaban J connectivity index is 1.06. The molecular formula is C33H42N8O5. The van der Waals surface area contributed by atoms with Crippen LogP contribution in [0.5, 0.6) is 5.88 Å². The molecule has 0 spiro atoms. The first-order valence-corrected chi connectivity index (χ1v) is 16.4. The number of morpholine rings is 1. The van der Waals surface area contributed by atoms with E-state index < -0.39 is 0 Å². The van der Waals surface area contributed by atoms with Crippen LogP contribution in [0, 0.1) is 0 Å². The highest BCUT2D eigenvalue weighted by molar-refractivity contribution is 5.89. The molecule has 1 saturated carbocycles. The van der Waals surface area contributed by atoms with Crippen molar-refractivity contribution in [2.75, 3.05) is 63.8 Å². The maximum absolute atomic E-state index is 13.6. The van der Waals surface area contributed by atoms with E-state index in [0.717, 1.165) is 68.2 Å². The normalized spacial score (nSPS) is 21.0. The number of hydrogen-bond acceptors (Lipinski definition) is 10. The van der Waals surface area contributed by atoms with Gasteiger partial charge in [-0.3, -0.25) is 13.9 Å². The smallest absolute Gasteiger partial charge is 0.331 e. The first kappa shape index (κ1) is 30.4. The standard InChI is InChI=1S/C33H42N8O5/c1-38(2)29(42)21-40-27-20-34-32(37-30(27)41(33(40)43)24-11-15-44-16-12-24)35-23-7-9-25(10-8-23)46-31-26-6-4-3-5-22(26)19-28(36-31)39-13-17-45-18-14-39/h3-6,19-20,23-25H,7-18,21H2,1-2H3,(H,34,35,37). The molecule has 5 heterocycles. The lowest BCUT2D eigenvalue weighted by Crippen LogP contribution is -2.37. The monoisotopic (exact) mass is 630 g/mol. The summed E-state index contributed by atoms with van der Waals surface area (Å²) in [7, 11) is 3.37. The highest BCUT2D eigenvalue weighted by Crippen LogP contribution is 2.32. The fourth-order valence-corrected chi connectivity index (χ4v) is 6.69. The third-order valence-corrected chi connectivity index (χ3v) is 9.37. The van der Waals surface area contributed by atoms with E-state index >= 15 is 0 Å². The number of nitrogens with zero attached hydrogens (tertiary/aromatic N) is 7. The number of carbonyl (C=O) groups is 1. The topological polar surface area (TPSA) is 129 Å². The highest BCUT2D eigenvalue weighted by Gasteiger charge is 2.28. The molecule has 3 aromatic heterocycles. The van der Waals surface area contributed by atoms with Gasteiger partial charge in [0.2, 0.25) is 17.7 Å². The summed E-state index contributed by atoms with van der Waals surface area (Å²) in [4.78, 5) is 44.4. The van der Waals surface area contributed by atoms with Gasteiger partial charge in [-0.2, -0.15) is 9.97 Å². The number of fused-ring (bicyclic) bond motifs is 2. The van der Waals surface area contributed by atoms with Crippen LogP contribution in [0.25, 0.3) is 21.9 Å². The van der Waals surface area contributed by atoms with E-state index in [0.29, 0.717) is 49.4 Å². The van der Waals surface area contributed by atoms with Crippen LogP contribution in [-0.2, 0) is 20.8 Å². The van der Waals surface area contributed by atoms with Crippen LogP contribution >= 0.6 is 0 Å². The molecule has 1 amide bonds. The van der Waals surface area contributed by atoms with Crippen molar-refractivity contribution in [1.29, 1.82) is 0 Å². The number of carbonyl (C=O) groups excluding carboxylic acids is 1. The van der Waals surface area contributed by atoms with Crippen molar-refractivity contribution in [1.82, 2.24) is 29.0 Å². The van der Waals surface area contributed by atoms with Crippen molar-refractivity contribution in [3.8, 4) is 5.88 Å². The zero-order valence-corrected chi connectivity index (χ0v) is 26.6. The lowest BCUT2D eigenvalue weighted by molar-refractivity contribution is -0.129. The summed E-state index contributed by atoms with van der Waals surface area (Å²) in [5.41, 5.74) is 0.879. The average Bonchev–Trinajstić information content (AvgIpc) is 3.36. The van der Waals surface area contributed by atoms with Crippen molar-refractivity contribution in [3.63, 3.8) is 0 Å². The molecule has 13 nitrogen and oxygen atoms in total. The molecule has 2 saturated heterocycles. The second kappa shape index (κ2) is 13.2. The Hall–Kier alpha value is -4.23. The number of anilines is 2. The third kappa shape index (κ3) is 6.25. The summed E-state index contributed by atoms with van der Waals surface area (Å²) in [5.74, 6) is 1.94. The number of likely N-dealkylation sites (N-methyl/N-ethyl adjacent to an activating group) is 1. The van der Waals surface area contributed by atoms with Crippen LogP contribution < -0.4 is 20.6 Å². The van der Waals surface area contributed by atoms with E-state index in [2.05, 4.69) is 33.4 Å². The molecule has 0 bridgehead atoms. The summed E-state index contributed by atoms with van der Waals surface area (Å²) in [5, 5.41) is 5.67. The van der Waals surface area contributed by atoms with Gasteiger partial charge in [0.15, 0.2) is 5.65 Å². The lowest BCUT2D eigenvalue weighted by Gasteiger charge is -2.31. The van der Waals surface area contributed by atoms with E-state index in [1.165, 1.54) is 9.47 Å². The van der Waals surface area contributed by atoms with Gasteiger partial charge in [0.05, 0.1) is 19.4 Å². The Morgan fingerprint density at radius 3 is 2.50 bits per heavy atom. The number of benzene rings is 1. The molecule has 4 aromatic rings. The number of rotatable bonds is 8. The maximum atomic E-state index is 13.6. The van der Waals surface area contributed by atoms with E-state index in [1.807, 2.05) is 12.1 Å². The Kier molecular flexibility index (Phi) is 8.76. The zero-order valence-electron chi connectivity index (χ0n) is 26.6. The van der Waals surface area contributed by atoms with Crippen LogP contribution in [0.1, 0.15) is 44.6 Å². The number of pyridine rings is 1. The largest absolute Gasteiger partial charge is 0.474 e. The van der Waals surface area contributed by atoms with Gasteiger partial charge < -0.3 is 29.3 Å². The van der Waals surface area contributed by atoms with Gasteiger partial charge in [0.1, 0.15) is 24.0 Å². The fraction of sp³-hybridized carbons (Fsp3) is 0.545. The fourth-order valence-electron chi connectivity index (χ4n) is 6.69. The van der Waals surface area contributed by atoms with Crippen molar-refractivity contribution < 1.29 is 19.0 Å². The molecule has 3 aliphatic rings. The summed E-state index contributed by atoms with van der Waals surface area (Å²) in [6, 6.07) is 10.5. The van der Waals surface area contributed by atoms with Gasteiger partial charge in [0.25, 0.3) is 0 Å². The van der Waals surface area contributed by atoms with E-state index in [9.17, 15) is 9.59 Å². The molecule has 1 aromatic carbocycles. The van der Waals surface area contributed by atoms with Crippen LogP contribution in [0.15, 0.2) is 41.3 Å². The zero-order chi connectivity index (χ0) is 31.6. The first-order chi connectivity index (χ1) is 22.4. The second-order valence-corrected chi connectivity index (χ2v) is 12.6. The van der Waals surface area contributed by atoms with E-state index in [4.69, 9.17) is 24.2 Å². The van der Waals surface area contributed by atoms with Gasteiger partial charge in [-0.1, -0.05) is 18.2 Å². The highest BCUT2D eigenvalue weighted by atomic mass is 16.5. The molecule has 3 fully saturated rings. The minimum Gasteiger partial charge on any atom is -0.474 e. The summed E-state index contributed by atoms with van der Waals surface area (Å²) in [6.45, 7) is 4.16. The Morgan fingerprint density at radius 1 is 1.00 bits per heavy atom. The maximum Gasteiger partial charge on any atom is 0.331 e. The minimum absolute atomic E-state index is 0.0405. The second-order valence-electron chi connectivity index (χ2n) is 12.6. The summed E-state index contributed by atoms with van der Waals surface area (Å²) in [6.07, 6.45) is 6.67. The summed E-state index contributed by atoms with van der Waals surface area (Å²) < 4.78 is 20.9. The molecule has 1 aliphatic carbocycles.